The van der Waals surface area contributed by atoms with E-state index in [0.717, 1.165) is 36.5 Å². The van der Waals surface area contributed by atoms with Crippen LogP contribution in [-0.2, 0) is 6.54 Å². The van der Waals surface area contributed by atoms with Gasteiger partial charge in [0.2, 0.25) is 0 Å². The van der Waals surface area contributed by atoms with Crippen molar-refractivity contribution in [3.05, 3.63) is 58.0 Å². The molecule has 4 nitrogen and oxygen atoms in total. The first kappa shape index (κ1) is 13.3. The van der Waals surface area contributed by atoms with Gasteiger partial charge in [0.05, 0.1) is 24.7 Å². The average Bonchev–Trinajstić information content (AvgIpc) is 2.56. The normalized spacial score (nSPS) is 22.7. The van der Waals surface area contributed by atoms with Gasteiger partial charge in [-0.15, -0.1) is 0 Å². The van der Waals surface area contributed by atoms with Crippen molar-refractivity contribution < 1.29 is 5.32 Å². The Hall–Kier alpha value is -2.38. The van der Waals surface area contributed by atoms with Gasteiger partial charge in [-0.2, -0.15) is 5.26 Å². The Bertz CT molecular complexity index is 831. The molecule has 110 valence electrons. The van der Waals surface area contributed by atoms with Gasteiger partial charge in [0.25, 0.3) is 5.56 Å². The van der Waals surface area contributed by atoms with Crippen molar-refractivity contribution in [3.8, 4) is 17.2 Å². The topological polar surface area (TPSA) is 62.4 Å². The van der Waals surface area contributed by atoms with Crippen molar-refractivity contribution in [2.45, 2.75) is 18.9 Å². The number of benzene rings is 1. The maximum atomic E-state index is 12.3. The molecule has 2 bridgehead atoms. The fourth-order valence-electron chi connectivity index (χ4n) is 3.98. The number of pyridine rings is 1. The second-order valence-corrected chi connectivity index (χ2v) is 6.33. The first-order chi connectivity index (χ1) is 10.8. The minimum atomic E-state index is 0.104. The molecule has 2 aliphatic heterocycles. The predicted octanol–water partition coefficient (Wildman–Crippen LogP) is 1.07. The third-order valence-corrected chi connectivity index (χ3v) is 4.92. The van der Waals surface area contributed by atoms with E-state index < -0.39 is 0 Å². The smallest absolute Gasteiger partial charge is 0.250 e. The van der Waals surface area contributed by atoms with Crippen LogP contribution in [0.3, 0.4) is 0 Å². The van der Waals surface area contributed by atoms with Crippen LogP contribution in [0.25, 0.3) is 11.1 Å². The summed E-state index contributed by atoms with van der Waals surface area (Å²) in [5.74, 6) is 1.03. The molecular formula is C18H18N3O+. The average molecular weight is 292 g/mol. The number of nitrogens with zero attached hydrogens (tertiary/aromatic N) is 2. The standard InChI is InChI=1S/C18H17N3O/c19-8-12-2-1-3-14(6-12)16-4-5-17(22)21-11-13-7-15(18(16)21)10-20-9-13/h1-6,13,15,20H,7,9-11H2/p+1/t13-,15+/m0/s1. The van der Waals surface area contributed by atoms with Crippen molar-refractivity contribution in [2.75, 3.05) is 13.1 Å². The first-order valence-electron chi connectivity index (χ1n) is 7.82. The van der Waals surface area contributed by atoms with Crippen LogP contribution in [0.1, 0.15) is 23.6 Å². The van der Waals surface area contributed by atoms with Crippen molar-refractivity contribution >= 4 is 0 Å². The van der Waals surface area contributed by atoms with Crippen LogP contribution in [0.5, 0.6) is 0 Å². The molecule has 3 heterocycles. The second-order valence-electron chi connectivity index (χ2n) is 6.33. The van der Waals surface area contributed by atoms with Crippen LogP contribution in [-0.4, -0.2) is 17.7 Å². The molecule has 2 aromatic rings. The Labute approximate surface area is 129 Å². The zero-order valence-electron chi connectivity index (χ0n) is 12.3. The van der Waals surface area contributed by atoms with Gasteiger partial charge in [-0.1, -0.05) is 12.1 Å². The Morgan fingerprint density at radius 2 is 2.14 bits per heavy atom. The molecule has 0 radical (unpaired) electrons. The number of hydrogen-bond acceptors (Lipinski definition) is 2. The van der Waals surface area contributed by atoms with Crippen LogP contribution in [0.2, 0.25) is 0 Å². The van der Waals surface area contributed by atoms with Crippen LogP contribution in [0, 0.1) is 17.2 Å². The number of aromatic nitrogens is 1. The highest BCUT2D eigenvalue weighted by Gasteiger charge is 2.35. The molecule has 1 saturated heterocycles. The Morgan fingerprint density at radius 3 is 3.00 bits per heavy atom. The summed E-state index contributed by atoms with van der Waals surface area (Å²) in [5, 5.41) is 11.5. The molecule has 2 atom stereocenters. The van der Waals surface area contributed by atoms with Gasteiger partial charge in [0.1, 0.15) is 0 Å². The summed E-state index contributed by atoms with van der Waals surface area (Å²) in [5.41, 5.74) is 4.06. The number of rotatable bonds is 1. The summed E-state index contributed by atoms with van der Waals surface area (Å²) in [4.78, 5) is 12.3. The number of nitrogens with two attached hydrogens (primary N) is 1. The highest BCUT2D eigenvalue weighted by atomic mass is 16.1. The van der Waals surface area contributed by atoms with E-state index >= 15 is 0 Å². The monoisotopic (exact) mass is 292 g/mol. The minimum absolute atomic E-state index is 0.104. The van der Waals surface area contributed by atoms with Gasteiger partial charge in [0, 0.05) is 35.7 Å². The van der Waals surface area contributed by atoms with E-state index in [1.807, 2.05) is 34.9 Å². The minimum Gasteiger partial charge on any atom is -0.345 e. The third kappa shape index (κ3) is 2.06. The molecule has 0 aliphatic carbocycles. The third-order valence-electron chi connectivity index (χ3n) is 4.92. The molecule has 22 heavy (non-hydrogen) atoms. The highest BCUT2D eigenvalue weighted by molar-refractivity contribution is 5.68. The molecule has 0 unspecified atom stereocenters. The molecule has 4 heteroatoms. The Morgan fingerprint density at radius 1 is 1.23 bits per heavy atom. The molecule has 1 fully saturated rings. The van der Waals surface area contributed by atoms with Gasteiger partial charge in [-0.3, -0.25) is 4.79 Å². The molecular weight excluding hydrogens is 274 g/mol. The molecule has 2 aliphatic rings. The van der Waals surface area contributed by atoms with Crippen LogP contribution in [0.15, 0.2) is 41.2 Å². The summed E-state index contributed by atoms with van der Waals surface area (Å²) in [7, 11) is 0. The van der Waals surface area contributed by atoms with Crippen molar-refractivity contribution in [1.29, 1.82) is 5.26 Å². The van der Waals surface area contributed by atoms with Gasteiger partial charge >= 0.3 is 0 Å². The van der Waals surface area contributed by atoms with E-state index in [2.05, 4.69) is 11.4 Å². The van der Waals surface area contributed by atoms with E-state index in [-0.39, 0.29) is 5.56 Å². The van der Waals surface area contributed by atoms with E-state index in [1.54, 1.807) is 6.07 Å². The van der Waals surface area contributed by atoms with E-state index in [1.165, 1.54) is 6.42 Å². The second kappa shape index (κ2) is 5.11. The van der Waals surface area contributed by atoms with Gasteiger partial charge in [-0.05, 0) is 30.2 Å². The zero-order chi connectivity index (χ0) is 15.1. The van der Waals surface area contributed by atoms with Gasteiger partial charge < -0.3 is 9.88 Å². The van der Waals surface area contributed by atoms with Gasteiger partial charge in [0.15, 0.2) is 0 Å². The van der Waals surface area contributed by atoms with E-state index in [4.69, 9.17) is 5.26 Å². The maximum absolute atomic E-state index is 12.3. The zero-order valence-corrected chi connectivity index (χ0v) is 12.3. The fraction of sp³-hybridized carbons (Fsp3) is 0.333. The first-order valence-corrected chi connectivity index (χ1v) is 7.82. The Balaban J connectivity index is 1.93. The van der Waals surface area contributed by atoms with Crippen molar-refractivity contribution in [3.63, 3.8) is 0 Å². The van der Waals surface area contributed by atoms with Crippen molar-refractivity contribution in [2.24, 2.45) is 5.92 Å². The molecule has 2 N–H and O–H groups in total. The lowest BCUT2D eigenvalue weighted by Crippen LogP contribution is -2.89. The molecule has 0 amide bonds. The van der Waals surface area contributed by atoms with Crippen molar-refractivity contribution in [1.82, 2.24) is 4.57 Å². The van der Waals surface area contributed by atoms with Crippen LogP contribution in [0.4, 0.5) is 0 Å². The Kier molecular flexibility index (Phi) is 3.09. The largest absolute Gasteiger partial charge is 0.345 e. The summed E-state index contributed by atoms with van der Waals surface area (Å²) < 4.78 is 1.97. The maximum Gasteiger partial charge on any atom is 0.250 e. The van der Waals surface area contributed by atoms with Crippen LogP contribution < -0.4 is 10.9 Å². The number of quaternary nitrogens is 1. The lowest BCUT2D eigenvalue weighted by Gasteiger charge is -2.36. The highest BCUT2D eigenvalue weighted by Crippen LogP contribution is 2.36. The number of piperidine rings is 1. The van der Waals surface area contributed by atoms with Crippen LogP contribution >= 0.6 is 0 Å². The molecule has 0 spiro atoms. The molecule has 4 rings (SSSR count). The fourth-order valence-corrected chi connectivity index (χ4v) is 3.98. The van der Waals surface area contributed by atoms with E-state index in [0.29, 0.717) is 17.4 Å². The van der Waals surface area contributed by atoms with Gasteiger partial charge in [-0.25, -0.2) is 0 Å². The summed E-state index contributed by atoms with van der Waals surface area (Å²) in [6.07, 6.45) is 1.17. The number of fused-ring (bicyclic) bond motifs is 4. The van der Waals surface area contributed by atoms with E-state index in [9.17, 15) is 4.79 Å². The quantitative estimate of drug-likeness (QED) is 0.854. The molecule has 1 aromatic heterocycles. The SMILES string of the molecule is N#Cc1cccc(-c2ccc(=O)n3c2[C@H]2C[NH2+]C[C@H](C2)C3)c1. The summed E-state index contributed by atoms with van der Waals surface area (Å²) >= 11 is 0. The molecule has 1 aromatic carbocycles. The lowest BCUT2D eigenvalue weighted by atomic mass is 9.81. The predicted molar refractivity (Wildman–Crippen MR) is 83.4 cm³/mol. The number of nitriles is 1. The summed E-state index contributed by atoms with van der Waals surface area (Å²) in [6.45, 7) is 2.99. The number of hydrogen-bond donors (Lipinski definition) is 1. The summed E-state index contributed by atoms with van der Waals surface area (Å²) in [6, 6.07) is 13.5. The lowest BCUT2D eigenvalue weighted by molar-refractivity contribution is -0.673. The molecule has 0 saturated carbocycles.